The van der Waals surface area contributed by atoms with E-state index in [0.29, 0.717) is 0 Å². The minimum absolute atomic E-state index is 0.731. The van der Waals surface area contributed by atoms with Crippen molar-refractivity contribution in [3.8, 4) is 0 Å². The van der Waals surface area contributed by atoms with Gasteiger partial charge >= 0.3 is 0 Å². The Morgan fingerprint density at radius 1 is 1.56 bits per heavy atom. The number of hydrogen-bond donors (Lipinski definition) is 0. The fraction of sp³-hybridized carbons (Fsp3) is 0.750. The second-order valence-corrected chi connectivity index (χ2v) is 2.72. The first kappa shape index (κ1) is 6.81. The van der Waals surface area contributed by atoms with Gasteiger partial charge in [0, 0.05) is 6.04 Å². The molecule has 0 amide bonds. The van der Waals surface area contributed by atoms with Gasteiger partial charge in [-0.15, -0.1) is 0 Å². The van der Waals surface area contributed by atoms with Crippen LogP contribution in [0.5, 0.6) is 0 Å². The van der Waals surface area contributed by atoms with E-state index in [1.807, 2.05) is 0 Å². The van der Waals surface area contributed by atoms with Gasteiger partial charge in [-0.25, -0.2) is 0 Å². The van der Waals surface area contributed by atoms with E-state index in [-0.39, 0.29) is 0 Å². The van der Waals surface area contributed by atoms with Crippen LogP contribution in [0.3, 0.4) is 0 Å². The highest BCUT2D eigenvalue weighted by Crippen LogP contribution is 2.14. The van der Waals surface area contributed by atoms with Crippen LogP contribution >= 0.6 is 0 Å². The minimum atomic E-state index is 0.731. The van der Waals surface area contributed by atoms with Gasteiger partial charge in [-0.1, -0.05) is 12.2 Å². The molecule has 0 N–H and O–H groups in total. The van der Waals surface area contributed by atoms with E-state index in [1.54, 1.807) is 0 Å². The summed E-state index contributed by atoms with van der Waals surface area (Å²) in [4.78, 5) is 2.40. The van der Waals surface area contributed by atoms with Gasteiger partial charge in [0.2, 0.25) is 0 Å². The number of rotatable bonds is 1. The number of hydrogen-bond acceptors (Lipinski definition) is 1. The molecule has 0 saturated carbocycles. The van der Waals surface area contributed by atoms with E-state index in [4.69, 9.17) is 0 Å². The lowest BCUT2D eigenvalue weighted by molar-refractivity contribution is 0.357. The second-order valence-electron chi connectivity index (χ2n) is 2.72. The predicted molar refractivity (Wildman–Crippen MR) is 40.5 cm³/mol. The summed E-state index contributed by atoms with van der Waals surface area (Å²) in [6, 6.07) is 0.731. The van der Waals surface area contributed by atoms with Crippen LogP contribution in [-0.2, 0) is 0 Å². The lowest BCUT2D eigenvalue weighted by atomic mass is 10.2. The average Bonchev–Trinajstić information content (AvgIpc) is 2.18. The van der Waals surface area contributed by atoms with Gasteiger partial charge in [0.25, 0.3) is 0 Å². The number of nitrogens with zero attached hydrogens (tertiary/aromatic N) is 1. The quantitative estimate of drug-likeness (QED) is 0.482. The normalized spacial score (nSPS) is 30.2. The second kappa shape index (κ2) is 3.02. The molecule has 1 saturated heterocycles. The van der Waals surface area contributed by atoms with Crippen LogP contribution in [0.15, 0.2) is 12.2 Å². The Labute approximate surface area is 57.4 Å². The van der Waals surface area contributed by atoms with Crippen LogP contribution in [0.1, 0.15) is 19.8 Å². The summed E-state index contributed by atoms with van der Waals surface area (Å²) in [5, 5.41) is 0. The molecule has 0 bridgehead atoms. The maximum atomic E-state index is 2.40. The SMILES string of the molecule is C/C=C/C1CCCN1C. The summed E-state index contributed by atoms with van der Waals surface area (Å²) in [6.07, 6.45) is 7.14. The van der Waals surface area contributed by atoms with Crippen LogP contribution in [0.2, 0.25) is 0 Å². The highest BCUT2D eigenvalue weighted by Gasteiger charge is 2.16. The van der Waals surface area contributed by atoms with Gasteiger partial charge in [-0.2, -0.15) is 0 Å². The molecule has 1 heteroatoms. The van der Waals surface area contributed by atoms with Gasteiger partial charge in [0.05, 0.1) is 0 Å². The number of likely N-dealkylation sites (tertiary alicyclic amines) is 1. The molecule has 1 atom stereocenters. The molecule has 1 unspecified atom stereocenters. The molecule has 9 heavy (non-hydrogen) atoms. The lowest BCUT2D eigenvalue weighted by Gasteiger charge is -2.14. The Morgan fingerprint density at radius 3 is 2.78 bits per heavy atom. The fourth-order valence-corrected chi connectivity index (χ4v) is 1.40. The fourth-order valence-electron chi connectivity index (χ4n) is 1.40. The van der Waals surface area contributed by atoms with E-state index >= 15 is 0 Å². The molecule has 1 fully saturated rings. The first-order chi connectivity index (χ1) is 4.34. The standard InChI is InChI=1S/C8H15N/c1-3-5-8-6-4-7-9(8)2/h3,5,8H,4,6-7H2,1-2H3/b5-3+. The van der Waals surface area contributed by atoms with Crippen molar-refractivity contribution in [2.24, 2.45) is 0 Å². The van der Waals surface area contributed by atoms with Crippen molar-refractivity contribution in [1.29, 1.82) is 0 Å². The molecule has 1 rings (SSSR count). The van der Waals surface area contributed by atoms with Crippen molar-refractivity contribution in [3.63, 3.8) is 0 Å². The highest BCUT2D eigenvalue weighted by molar-refractivity contribution is 4.94. The van der Waals surface area contributed by atoms with Crippen molar-refractivity contribution >= 4 is 0 Å². The van der Waals surface area contributed by atoms with E-state index in [0.717, 1.165) is 6.04 Å². The molecular weight excluding hydrogens is 110 g/mol. The third kappa shape index (κ3) is 1.55. The molecule has 1 aliphatic heterocycles. The summed E-state index contributed by atoms with van der Waals surface area (Å²) in [6.45, 7) is 3.36. The van der Waals surface area contributed by atoms with Crippen molar-refractivity contribution in [2.45, 2.75) is 25.8 Å². The van der Waals surface area contributed by atoms with Crippen molar-refractivity contribution in [3.05, 3.63) is 12.2 Å². The first-order valence-corrected chi connectivity index (χ1v) is 3.67. The van der Waals surface area contributed by atoms with E-state index in [2.05, 4.69) is 31.0 Å². The third-order valence-electron chi connectivity index (χ3n) is 1.99. The highest BCUT2D eigenvalue weighted by atomic mass is 15.1. The van der Waals surface area contributed by atoms with Crippen molar-refractivity contribution < 1.29 is 0 Å². The monoisotopic (exact) mass is 125 g/mol. The molecule has 0 aromatic rings. The van der Waals surface area contributed by atoms with Crippen LogP contribution in [0, 0.1) is 0 Å². The smallest absolute Gasteiger partial charge is 0.0275 e. The summed E-state index contributed by atoms with van der Waals surface area (Å²) >= 11 is 0. The summed E-state index contributed by atoms with van der Waals surface area (Å²) in [5.41, 5.74) is 0. The minimum Gasteiger partial charge on any atom is -0.300 e. The first-order valence-electron chi connectivity index (χ1n) is 3.67. The lowest BCUT2D eigenvalue weighted by Crippen LogP contribution is -2.22. The number of allylic oxidation sites excluding steroid dienone is 1. The molecule has 0 aromatic heterocycles. The topological polar surface area (TPSA) is 3.24 Å². The van der Waals surface area contributed by atoms with Crippen LogP contribution < -0.4 is 0 Å². The van der Waals surface area contributed by atoms with Crippen LogP contribution in [0.4, 0.5) is 0 Å². The van der Waals surface area contributed by atoms with E-state index in [9.17, 15) is 0 Å². The van der Waals surface area contributed by atoms with Gasteiger partial charge in [0.15, 0.2) is 0 Å². The molecule has 52 valence electrons. The van der Waals surface area contributed by atoms with Crippen molar-refractivity contribution in [2.75, 3.05) is 13.6 Å². The average molecular weight is 125 g/mol. The van der Waals surface area contributed by atoms with Crippen LogP contribution in [-0.4, -0.2) is 24.5 Å². The van der Waals surface area contributed by atoms with Gasteiger partial charge < -0.3 is 0 Å². The molecule has 0 radical (unpaired) electrons. The van der Waals surface area contributed by atoms with Gasteiger partial charge in [0.1, 0.15) is 0 Å². The zero-order valence-electron chi connectivity index (χ0n) is 6.30. The molecule has 0 spiro atoms. The molecule has 1 heterocycles. The van der Waals surface area contributed by atoms with E-state index in [1.165, 1.54) is 19.4 Å². The van der Waals surface area contributed by atoms with E-state index < -0.39 is 0 Å². The maximum absolute atomic E-state index is 2.40. The van der Waals surface area contributed by atoms with Crippen molar-refractivity contribution in [1.82, 2.24) is 4.90 Å². The molecule has 1 nitrogen and oxygen atoms in total. The predicted octanol–water partition coefficient (Wildman–Crippen LogP) is 1.66. The molecule has 0 aliphatic carbocycles. The molecular formula is C8H15N. The van der Waals surface area contributed by atoms with Crippen LogP contribution in [0.25, 0.3) is 0 Å². The maximum Gasteiger partial charge on any atom is 0.0275 e. The Hall–Kier alpha value is -0.300. The Morgan fingerprint density at radius 2 is 2.33 bits per heavy atom. The Balaban J connectivity index is 2.39. The zero-order valence-corrected chi connectivity index (χ0v) is 6.30. The third-order valence-corrected chi connectivity index (χ3v) is 1.99. The summed E-state index contributed by atoms with van der Waals surface area (Å²) < 4.78 is 0. The largest absolute Gasteiger partial charge is 0.300 e. The number of likely N-dealkylation sites (N-methyl/N-ethyl adjacent to an activating group) is 1. The molecule has 0 aromatic carbocycles. The van der Waals surface area contributed by atoms with Gasteiger partial charge in [-0.05, 0) is 33.4 Å². The summed E-state index contributed by atoms with van der Waals surface area (Å²) in [5.74, 6) is 0. The zero-order chi connectivity index (χ0) is 6.69. The Kier molecular flexibility index (Phi) is 2.29. The van der Waals surface area contributed by atoms with Gasteiger partial charge in [-0.3, -0.25) is 4.90 Å². The summed E-state index contributed by atoms with van der Waals surface area (Å²) in [7, 11) is 2.19. The Bertz CT molecular complexity index is 107. The molecule has 1 aliphatic rings.